The van der Waals surface area contributed by atoms with Crippen LogP contribution in [-0.2, 0) is 0 Å². The van der Waals surface area contributed by atoms with Crippen molar-refractivity contribution in [1.82, 2.24) is 19.6 Å². The van der Waals surface area contributed by atoms with Crippen molar-refractivity contribution in [3.05, 3.63) is 18.1 Å². The third-order valence-corrected chi connectivity index (χ3v) is 1.77. The molecule has 0 N–H and O–H groups in total. The van der Waals surface area contributed by atoms with Crippen molar-refractivity contribution >= 4 is 11.6 Å². The van der Waals surface area contributed by atoms with Crippen LogP contribution in [0.4, 0.5) is 5.82 Å². The van der Waals surface area contributed by atoms with Gasteiger partial charge in [-0.3, -0.25) is 0 Å². The van der Waals surface area contributed by atoms with Crippen LogP contribution in [0.1, 0.15) is 34.5 Å². The van der Waals surface area contributed by atoms with E-state index >= 15 is 0 Å². The fraction of sp³-hybridized carbons (Fsp3) is 0.500. The fourth-order valence-electron chi connectivity index (χ4n) is 1.17. The summed E-state index contributed by atoms with van der Waals surface area (Å²) in [6.45, 7) is -12.2. The molecule has 0 aliphatic carbocycles. The molecule has 5 heteroatoms. The first-order valence-corrected chi connectivity index (χ1v) is 4.01. The van der Waals surface area contributed by atoms with Gasteiger partial charge in [0.05, 0.1) is 0 Å². The third-order valence-electron chi connectivity index (χ3n) is 1.77. The first-order valence-electron chi connectivity index (χ1n) is 9.51. The zero-order valence-corrected chi connectivity index (χ0v) is 7.81. The molecule has 0 radical (unpaired) electrons. The Morgan fingerprint density at radius 2 is 2.40 bits per heavy atom. The van der Waals surface area contributed by atoms with Gasteiger partial charge in [0.1, 0.15) is 13.5 Å². The summed E-state index contributed by atoms with van der Waals surface area (Å²) in [4.78, 5) is 7.60. The highest BCUT2D eigenvalue weighted by molar-refractivity contribution is 5.46. The number of nitrogens with zero attached hydrogens (tertiary/aromatic N) is 5. The quantitative estimate of drug-likeness (QED) is 0.775. The van der Waals surface area contributed by atoms with Crippen molar-refractivity contribution in [2.24, 2.45) is 0 Å². The van der Waals surface area contributed by atoms with Crippen molar-refractivity contribution in [3.63, 3.8) is 0 Å². The minimum atomic E-state index is -3.43. The lowest BCUT2D eigenvalue weighted by atomic mass is 10.4. The number of rotatable bonds is 3. The molecule has 0 unspecified atom stereocenters. The van der Waals surface area contributed by atoms with Crippen LogP contribution in [0.15, 0.2) is 12.4 Å². The highest BCUT2D eigenvalue weighted by Gasteiger charge is 2.09. The number of anilines is 1. The number of aryl methyl sites for hydroxylation is 1. The average molecular weight is 216 g/mol. The van der Waals surface area contributed by atoms with Gasteiger partial charge in [0.15, 0.2) is 0 Å². The number of aromatic nitrogens is 4. The predicted molar refractivity (Wildman–Crippen MR) is 59.1 cm³/mol. The number of hydrogen-bond donors (Lipinski definition) is 0. The molecule has 0 aliphatic rings. The van der Waals surface area contributed by atoms with Gasteiger partial charge in [-0.05, 0) is 20.6 Å². The minimum absolute atomic E-state index is 0.00417. The van der Waals surface area contributed by atoms with Crippen LogP contribution in [0.25, 0.3) is 5.78 Å². The van der Waals surface area contributed by atoms with E-state index in [0.29, 0.717) is 0 Å². The van der Waals surface area contributed by atoms with Crippen LogP contribution in [0.3, 0.4) is 0 Å². The second-order valence-electron chi connectivity index (χ2n) is 2.74. The van der Waals surface area contributed by atoms with E-state index in [1.807, 2.05) is 0 Å². The van der Waals surface area contributed by atoms with E-state index < -0.39 is 38.8 Å². The highest BCUT2D eigenvalue weighted by Crippen LogP contribution is 2.14. The topological polar surface area (TPSA) is 46.3 Å². The third kappa shape index (κ3) is 1.65. The summed E-state index contributed by atoms with van der Waals surface area (Å²) in [7, 11) is 0. The zero-order chi connectivity index (χ0) is 20.3. The monoisotopic (exact) mass is 216 g/mol. The van der Waals surface area contributed by atoms with Crippen LogP contribution in [0, 0.1) is 6.92 Å². The number of fused-ring (bicyclic) bond motifs is 1. The van der Waals surface area contributed by atoms with E-state index in [1.54, 1.807) is 0 Å². The molecule has 2 rings (SSSR count). The minimum Gasteiger partial charge on any atom is -0.357 e. The molecule has 0 bridgehead atoms. The Morgan fingerprint density at radius 3 is 3.13 bits per heavy atom. The van der Waals surface area contributed by atoms with Gasteiger partial charge in [0.2, 0.25) is 0 Å². The van der Waals surface area contributed by atoms with Crippen molar-refractivity contribution in [3.8, 4) is 0 Å². The predicted octanol–water partition coefficient (Wildman–Crippen LogP) is 1.28. The molecule has 0 spiro atoms. The molecule has 0 saturated heterocycles. The van der Waals surface area contributed by atoms with Crippen molar-refractivity contribution in [1.29, 1.82) is 0 Å². The van der Waals surface area contributed by atoms with Gasteiger partial charge in [-0.1, -0.05) is 0 Å². The van der Waals surface area contributed by atoms with Crippen molar-refractivity contribution in [2.45, 2.75) is 20.6 Å². The van der Waals surface area contributed by atoms with Crippen LogP contribution in [0.5, 0.6) is 0 Å². The maximum absolute atomic E-state index is 7.97. The summed E-state index contributed by atoms with van der Waals surface area (Å²) >= 11 is 0. The maximum Gasteiger partial charge on any atom is 0.254 e. The molecule has 15 heavy (non-hydrogen) atoms. The molecule has 2 heterocycles. The Labute approximate surface area is 104 Å². The van der Waals surface area contributed by atoms with E-state index in [0.717, 1.165) is 10.6 Å². The van der Waals surface area contributed by atoms with Gasteiger partial charge >= 0.3 is 0 Å². The van der Waals surface area contributed by atoms with Gasteiger partial charge in [0, 0.05) is 38.5 Å². The van der Waals surface area contributed by atoms with E-state index in [2.05, 4.69) is 15.1 Å². The largest absolute Gasteiger partial charge is 0.357 e. The van der Waals surface area contributed by atoms with Crippen molar-refractivity contribution in [2.75, 3.05) is 17.9 Å². The Balaban J connectivity index is 2.91. The van der Waals surface area contributed by atoms with Crippen LogP contribution in [0.2, 0.25) is 0 Å². The second-order valence-corrected chi connectivity index (χ2v) is 2.74. The molecule has 0 saturated carbocycles. The molecule has 0 aliphatic heterocycles. The number of hydrogen-bond acceptors (Lipinski definition) is 4. The summed E-state index contributed by atoms with van der Waals surface area (Å²) < 4.78 is 84.7. The molecule has 0 amide bonds. The second kappa shape index (κ2) is 3.84. The Bertz CT molecular complexity index is 795. The van der Waals surface area contributed by atoms with Gasteiger partial charge < -0.3 is 4.90 Å². The summed E-state index contributed by atoms with van der Waals surface area (Å²) in [6, 6.07) is 1.08. The first-order chi connectivity index (χ1) is 11.5. The summed E-state index contributed by atoms with van der Waals surface area (Å²) in [5.74, 6) is -0.765. The lowest BCUT2D eigenvalue weighted by Crippen LogP contribution is -2.25. The van der Waals surface area contributed by atoms with Gasteiger partial charge in [-0.2, -0.15) is 14.6 Å². The fourth-order valence-corrected chi connectivity index (χ4v) is 1.17. The van der Waals surface area contributed by atoms with E-state index in [-0.39, 0.29) is 16.4 Å². The molecule has 5 nitrogen and oxygen atoms in total. The lowest BCUT2D eigenvalue weighted by molar-refractivity contribution is 0.796. The smallest absolute Gasteiger partial charge is 0.254 e. The van der Waals surface area contributed by atoms with Gasteiger partial charge in [-0.15, -0.1) is 0 Å². The highest BCUT2D eigenvalue weighted by atomic mass is 15.4. The Morgan fingerprint density at radius 1 is 1.60 bits per heavy atom. The molecule has 0 fully saturated rings. The standard InChI is InChI=1S/C10H15N5/c1-4-14(5-2)9-6-8(3)13-10-11-7-12-15(9)10/h6-7H,4-5H2,1-3H3/i1D3,2D3,4D2,5D2,7D. The molecular formula is C10H15N5. The van der Waals surface area contributed by atoms with E-state index in [4.69, 9.17) is 15.1 Å². The maximum atomic E-state index is 7.97. The average Bonchev–Trinajstić information content (AvgIpc) is 2.75. The summed E-state index contributed by atoms with van der Waals surface area (Å²) in [5.41, 5.74) is 0.174. The molecule has 0 aromatic carbocycles. The molecular weight excluding hydrogens is 190 g/mol. The van der Waals surface area contributed by atoms with Gasteiger partial charge in [-0.25, -0.2) is 4.98 Å². The normalized spacial score (nSPS) is 25.3. The van der Waals surface area contributed by atoms with E-state index in [1.165, 1.54) is 6.92 Å². The molecule has 80 valence electrons. The molecule has 0 atom stereocenters. The first kappa shape index (κ1) is 3.17. The summed E-state index contributed by atoms with van der Waals surface area (Å²) in [6.07, 6.45) is -0.534. The van der Waals surface area contributed by atoms with Crippen LogP contribution < -0.4 is 4.90 Å². The van der Waals surface area contributed by atoms with Gasteiger partial charge in [0.25, 0.3) is 5.78 Å². The van der Waals surface area contributed by atoms with Crippen LogP contribution in [-0.4, -0.2) is 32.6 Å². The molecule has 2 aromatic heterocycles. The Kier molecular flexibility index (Phi) is 0.812. The zero-order valence-electron chi connectivity index (χ0n) is 18.8. The van der Waals surface area contributed by atoms with E-state index in [9.17, 15) is 0 Å². The lowest BCUT2D eigenvalue weighted by Gasteiger charge is -2.21. The van der Waals surface area contributed by atoms with Crippen LogP contribution >= 0.6 is 0 Å². The molecule has 2 aromatic rings. The van der Waals surface area contributed by atoms with Crippen molar-refractivity contribution < 1.29 is 15.1 Å². The summed E-state index contributed by atoms with van der Waals surface area (Å²) in [5, 5.41) is 3.63. The Hall–Kier alpha value is -1.65. The SMILES string of the molecule is [2H]c1nc2nc(C)cc(N(C([2H])([2H])C([2H])([2H])[2H])C([2H])([2H])C([2H])([2H])[2H])n2n1.